The number of likely N-dealkylation sites (tertiary alicyclic amines) is 1. The van der Waals surface area contributed by atoms with Gasteiger partial charge in [0.25, 0.3) is 0 Å². The first-order chi connectivity index (χ1) is 10.8. The lowest BCUT2D eigenvalue weighted by molar-refractivity contribution is -0.200. The molecule has 0 aromatic carbocycles. The number of rotatable bonds is 1. The first kappa shape index (κ1) is 16.6. The Bertz CT molecular complexity index is 488. The average molecular weight is 332 g/mol. The van der Waals surface area contributed by atoms with Gasteiger partial charge in [-0.05, 0) is 31.1 Å². The van der Waals surface area contributed by atoms with Crippen molar-refractivity contribution < 1.29 is 22.8 Å². The molecule has 3 fully saturated rings. The number of piperidine rings is 1. The van der Waals surface area contributed by atoms with Crippen LogP contribution in [-0.4, -0.2) is 42.5 Å². The van der Waals surface area contributed by atoms with E-state index in [4.69, 9.17) is 0 Å². The van der Waals surface area contributed by atoms with E-state index in [1.807, 2.05) is 0 Å². The molecule has 2 unspecified atom stereocenters. The van der Waals surface area contributed by atoms with Crippen LogP contribution >= 0.6 is 0 Å². The van der Waals surface area contributed by atoms with Crippen molar-refractivity contribution in [1.82, 2.24) is 10.2 Å². The lowest BCUT2D eigenvalue weighted by Crippen LogP contribution is -2.54. The number of nitrogens with one attached hydrogen (secondary N) is 1. The summed E-state index contributed by atoms with van der Waals surface area (Å²) in [6.07, 6.45) is 1.09. The summed E-state index contributed by atoms with van der Waals surface area (Å²) in [4.78, 5) is 25.8. The van der Waals surface area contributed by atoms with Crippen molar-refractivity contribution in [2.45, 2.75) is 51.1 Å². The molecule has 0 bridgehead atoms. The van der Waals surface area contributed by atoms with Gasteiger partial charge in [-0.15, -0.1) is 0 Å². The molecule has 3 aliphatic rings. The smallest absolute Gasteiger partial charge is 0.355 e. The predicted octanol–water partition coefficient (Wildman–Crippen LogP) is 2.48. The maximum Gasteiger partial charge on any atom is 0.393 e. The Morgan fingerprint density at radius 3 is 2.48 bits per heavy atom. The van der Waals surface area contributed by atoms with Gasteiger partial charge in [-0.25, -0.2) is 0 Å². The Hall–Kier alpha value is -1.27. The molecule has 4 nitrogen and oxygen atoms in total. The molecule has 1 spiro atoms. The number of carbonyl (C=O) groups excluding carboxylic acids is 2. The van der Waals surface area contributed by atoms with Gasteiger partial charge in [0.05, 0.1) is 11.8 Å². The maximum absolute atomic E-state index is 13.3. The third-order valence-corrected chi connectivity index (χ3v) is 5.79. The molecule has 1 N–H and O–H groups in total. The van der Waals surface area contributed by atoms with Crippen LogP contribution in [0.1, 0.15) is 44.9 Å². The number of hydrogen-bond acceptors (Lipinski definition) is 2. The second kappa shape index (κ2) is 5.98. The Morgan fingerprint density at radius 2 is 1.87 bits per heavy atom. The van der Waals surface area contributed by atoms with E-state index in [-0.39, 0.29) is 12.0 Å². The molecular formula is C16H23F3N2O2. The molecule has 2 saturated heterocycles. The van der Waals surface area contributed by atoms with Gasteiger partial charge in [0.1, 0.15) is 0 Å². The molecule has 3 rings (SSSR count). The molecule has 130 valence electrons. The standard InChI is InChI=1S/C16H23F3N2O2/c17-16(18,19)12-8-13(22)20-9-11(12)14(23)21-7-2-1-4-15(10-21)5-3-6-15/h11-12H,1-10H2,(H,20,22). The summed E-state index contributed by atoms with van der Waals surface area (Å²) in [6.45, 7) is 0.918. The summed E-state index contributed by atoms with van der Waals surface area (Å²) >= 11 is 0. The lowest BCUT2D eigenvalue weighted by Gasteiger charge is -2.45. The van der Waals surface area contributed by atoms with Crippen LogP contribution in [0.4, 0.5) is 13.2 Å². The van der Waals surface area contributed by atoms with Crippen molar-refractivity contribution >= 4 is 11.8 Å². The van der Waals surface area contributed by atoms with Gasteiger partial charge >= 0.3 is 6.18 Å². The van der Waals surface area contributed by atoms with Crippen LogP contribution in [0, 0.1) is 17.3 Å². The van der Waals surface area contributed by atoms with Crippen LogP contribution in [0.3, 0.4) is 0 Å². The number of amides is 2. The van der Waals surface area contributed by atoms with Crippen LogP contribution in [-0.2, 0) is 9.59 Å². The molecule has 2 amide bonds. The summed E-state index contributed by atoms with van der Waals surface area (Å²) in [7, 11) is 0. The van der Waals surface area contributed by atoms with Crippen molar-refractivity contribution in [3.8, 4) is 0 Å². The number of carbonyl (C=O) groups is 2. The van der Waals surface area contributed by atoms with Crippen molar-refractivity contribution in [3.05, 3.63) is 0 Å². The van der Waals surface area contributed by atoms with E-state index >= 15 is 0 Å². The summed E-state index contributed by atoms with van der Waals surface area (Å²) in [6, 6.07) is 0. The third kappa shape index (κ3) is 3.33. The fourth-order valence-electron chi connectivity index (χ4n) is 4.26. The number of alkyl halides is 3. The Morgan fingerprint density at radius 1 is 1.17 bits per heavy atom. The summed E-state index contributed by atoms with van der Waals surface area (Å²) < 4.78 is 39.8. The fourth-order valence-corrected chi connectivity index (χ4v) is 4.26. The van der Waals surface area contributed by atoms with Crippen molar-refractivity contribution in [1.29, 1.82) is 0 Å². The second-order valence-corrected chi connectivity index (χ2v) is 7.33. The number of halogens is 3. The van der Waals surface area contributed by atoms with Gasteiger partial charge in [0, 0.05) is 26.1 Å². The van der Waals surface area contributed by atoms with Gasteiger partial charge in [0.2, 0.25) is 11.8 Å². The minimum atomic E-state index is -4.52. The zero-order chi connectivity index (χ0) is 16.7. The summed E-state index contributed by atoms with van der Waals surface area (Å²) in [5.74, 6) is -4.09. The first-order valence-electron chi connectivity index (χ1n) is 8.43. The molecule has 1 saturated carbocycles. The predicted molar refractivity (Wildman–Crippen MR) is 77.4 cm³/mol. The van der Waals surface area contributed by atoms with Crippen LogP contribution in [0.2, 0.25) is 0 Å². The van der Waals surface area contributed by atoms with Crippen molar-refractivity contribution in [2.75, 3.05) is 19.6 Å². The normalized spacial score (nSPS) is 31.3. The van der Waals surface area contributed by atoms with Gasteiger partial charge in [-0.1, -0.05) is 12.8 Å². The van der Waals surface area contributed by atoms with E-state index in [0.717, 1.165) is 38.5 Å². The first-order valence-corrected chi connectivity index (χ1v) is 8.43. The number of nitrogens with zero attached hydrogens (tertiary/aromatic N) is 1. The molecule has 0 aromatic heterocycles. The van der Waals surface area contributed by atoms with Crippen LogP contribution in [0.5, 0.6) is 0 Å². The highest BCUT2D eigenvalue weighted by Gasteiger charge is 2.52. The monoisotopic (exact) mass is 332 g/mol. The zero-order valence-electron chi connectivity index (χ0n) is 13.1. The van der Waals surface area contributed by atoms with Crippen LogP contribution < -0.4 is 5.32 Å². The molecular weight excluding hydrogens is 309 g/mol. The third-order valence-electron chi connectivity index (χ3n) is 5.79. The van der Waals surface area contributed by atoms with E-state index in [2.05, 4.69) is 5.32 Å². The molecule has 2 heterocycles. The Labute approximate surface area is 133 Å². The van der Waals surface area contributed by atoms with Gasteiger partial charge in [-0.3, -0.25) is 9.59 Å². The topological polar surface area (TPSA) is 49.4 Å². The van der Waals surface area contributed by atoms with Crippen molar-refractivity contribution in [2.24, 2.45) is 17.3 Å². The zero-order valence-corrected chi connectivity index (χ0v) is 13.1. The summed E-state index contributed by atoms with van der Waals surface area (Å²) in [5, 5.41) is 2.43. The van der Waals surface area contributed by atoms with E-state index in [0.29, 0.717) is 13.1 Å². The van der Waals surface area contributed by atoms with Crippen LogP contribution in [0.25, 0.3) is 0 Å². The molecule has 23 heavy (non-hydrogen) atoms. The highest BCUT2D eigenvalue weighted by molar-refractivity contribution is 5.84. The highest BCUT2D eigenvalue weighted by atomic mass is 19.4. The van der Waals surface area contributed by atoms with Gasteiger partial charge in [-0.2, -0.15) is 13.2 Å². The van der Waals surface area contributed by atoms with E-state index in [1.165, 1.54) is 0 Å². The molecule has 1 aliphatic carbocycles. The van der Waals surface area contributed by atoms with Gasteiger partial charge in [0.15, 0.2) is 0 Å². The Kier molecular flexibility index (Phi) is 4.31. The second-order valence-electron chi connectivity index (χ2n) is 7.33. The van der Waals surface area contributed by atoms with E-state index < -0.39 is 36.2 Å². The van der Waals surface area contributed by atoms with Crippen LogP contribution in [0.15, 0.2) is 0 Å². The van der Waals surface area contributed by atoms with E-state index in [9.17, 15) is 22.8 Å². The minimum absolute atomic E-state index is 0.137. The molecule has 2 atom stereocenters. The maximum atomic E-state index is 13.3. The molecule has 0 aromatic rings. The Balaban J connectivity index is 1.75. The summed E-state index contributed by atoms with van der Waals surface area (Å²) in [5.41, 5.74) is 0.137. The lowest BCUT2D eigenvalue weighted by atomic mass is 9.66. The minimum Gasteiger partial charge on any atom is -0.355 e. The SMILES string of the molecule is O=C1CC(C(F)(F)F)C(C(=O)N2CCCCC3(CCC3)C2)CN1. The molecule has 7 heteroatoms. The molecule has 0 radical (unpaired) electrons. The molecule has 2 aliphatic heterocycles. The van der Waals surface area contributed by atoms with Crippen molar-refractivity contribution in [3.63, 3.8) is 0 Å². The fraction of sp³-hybridized carbons (Fsp3) is 0.875. The average Bonchev–Trinajstić information content (AvgIpc) is 2.68. The quantitative estimate of drug-likeness (QED) is 0.802. The number of hydrogen-bond donors (Lipinski definition) is 1. The highest BCUT2D eigenvalue weighted by Crippen LogP contribution is 2.47. The van der Waals surface area contributed by atoms with E-state index in [1.54, 1.807) is 4.90 Å². The largest absolute Gasteiger partial charge is 0.393 e. The van der Waals surface area contributed by atoms with Gasteiger partial charge < -0.3 is 10.2 Å².